The molecule has 0 saturated heterocycles. The van der Waals surface area contributed by atoms with Crippen molar-refractivity contribution < 1.29 is 5.11 Å². The summed E-state index contributed by atoms with van der Waals surface area (Å²) in [5.41, 5.74) is 4.34. The van der Waals surface area contributed by atoms with Crippen molar-refractivity contribution in [3.8, 4) is 12.8 Å². The van der Waals surface area contributed by atoms with Crippen LogP contribution in [0.2, 0.25) is 0 Å². The molecule has 0 fully saturated rings. The molecule has 0 saturated carbocycles. The maximum absolute atomic E-state index is 9.86. The Balaban J connectivity index is 0. The molecular weight excluding hydrogens is 280 g/mol. The summed E-state index contributed by atoms with van der Waals surface area (Å²) in [7, 11) is 0. The van der Waals surface area contributed by atoms with E-state index in [-0.39, 0.29) is 6.10 Å². The van der Waals surface area contributed by atoms with Gasteiger partial charge in [-0.2, -0.15) is 0 Å². The Morgan fingerprint density at radius 3 is 2.30 bits per heavy atom. The molecule has 0 radical (unpaired) electrons. The monoisotopic (exact) mass is 318 g/mol. The second-order valence-corrected chi connectivity index (χ2v) is 6.26. The summed E-state index contributed by atoms with van der Waals surface area (Å²) < 4.78 is 0. The average molecular weight is 319 g/mol. The van der Waals surface area contributed by atoms with Gasteiger partial charge in [0.2, 0.25) is 0 Å². The van der Waals surface area contributed by atoms with Gasteiger partial charge in [-0.1, -0.05) is 55.7 Å². The number of hydrogen-bond acceptors (Lipinski definition) is 1. The van der Waals surface area contributed by atoms with Crippen molar-refractivity contribution >= 4 is 0 Å². The van der Waals surface area contributed by atoms with E-state index in [1.54, 1.807) is 0 Å². The molecule has 1 N–H and O–H groups in total. The van der Waals surface area contributed by atoms with E-state index in [0.717, 1.165) is 32.1 Å². The molecule has 0 amide bonds. The lowest BCUT2D eigenvalue weighted by atomic mass is 9.86. The molecule has 0 bridgehead atoms. The van der Waals surface area contributed by atoms with Crippen LogP contribution in [0.25, 0.3) is 0 Å². The van der Waals surface area contributed by atoms with Crippen LogP contribution >= 0.6 is 0 Å². The Morgan fingerprint density at radius 2 is 1.78 bits per heavy atom. The van der Waals surface area contributed by atoms with Gasteiger partial charge in [0.15, 0.2) is 0 Å². The number of hydrogen-bond donors (Lipinski definition) is 1. The highest BCUT2D eigenvalue weighted by atomic mass is 16.3. The van der Waals surface area contributed by atoms with Gasteiger partial charge in [-0.3, -0.25) is 0 Å². The molecule has 0 spiro atoms. The van der Waals surface area contributed by atoms with Crippen LogP contribution in [0.1, 0.15) is 80.1 Å². The van der Waals surface area contributed by atoms with Gasteiger partial charge in [0.05, 0.1) is 6.10 Å². The summed E-state index contributed by atoms with van der Waals surface area (Å²) in [5.74, 6) is 0.435. The molecule has 0 heterocycles. The zero-order chi connectivity index (χ0) is 18.3. The van der Waals surface area contributed by atoms with Crippen LogP contribution in [0.3, 0.4) is 0 Å². The van der Waals surface area contributed by atoms with Crippen molar-refractivity contribution in [2.45, 2.75) is 86.2 Å². The zero-order valence-corrected chi connectivity index (χ0v) is 16.2. The van der Waals surface area contributed by atoms with E-state index in [9.17, 15) is 5.11 Å². The van der Waals surface area contributed by atoms with Crippen LogP contribution in [-0.4, -0.2) is 11.2 Å². The number of terminal acetylenes is 1. The molecule has 1 aliphatic carbocycles. The van der Waals surface area contributed by atoms with Crippen LogP contribution in [0.15, 0.2) is 34.9 Å². The maximum atomic E-state index is 9.86. The normalized spacial score (nSPS) is 20.2. The fourth-order valence-corrected chi connectivity index (χ4v) is 2.46. The summed E-state index contributed by atoms with van der Waals surface area (Å²) in [6.45, 7) is 12.7. The lowest BCUT2D eigenvalue weighted by Gasteiger charge is -2.24. The predicted molar refractivity (Wildman–Crippen MR) is 105 cm³/mol. The van der Waals surface area contributed by atoms with E-state index in [1.807, 2.05) is 13.8 Å². The Bertz CT molecular complexity index is 391. The van der Waals surface area contributed by atoms with Crippen molar-refractivity contribution in [1.82, 2.24) is 0 Å². The highest BCUT2D eigenvalue weighted by molar-refractivity contribution is 5.11. The summed E-state index contributed by atoms with van der Waals surface area (Å²) >= 11 is 0. The quantitative estimate of drug-likeness (QED) is 0.440. The molecule has 0 aromatic carbocycles. The molecular formula is C22H38O. The summed E-state index contributed by atoms with van der Waals surface area (Å²) in [6, 6.07) is 0. The van der Waals surface area contributed by atoms with Crippen LogP contribution < -0.4 is 0 Å². The molecule has 1 rings (SSSR count). The van der Waals surface area contributed by atoms with Crippen LogP contribution in [0, 0.1) is 18.8 Å². The zero-order valence-electron chi connectivity index (χ0n) is 16.2. The van der Waals surface area contributed by atoms with E-state index in [1.165, 1.54) is 23.1 Å². The molecule has 2 unspecified atom stereocenters. The van der Waals surface area contributed by atoms with E-state index < -0.39 is 0 Å². The number of aliphatic hydroxyl groups excluding tert-OH is 1. The minimum absolute atomic E-state index is 0.122. The first kappa shape index (κ1) is 24.0. The molecule has 0 aromatic heterocycles. The van der Waals surface area contributed by atoms with Crippen LogP contribution in [-0.2, 0) is 0 Å². The highest BCUT2D eigenvalue weighted by Crippen LogP contribution is 2.26. The molecule has 132 valence electrons. The van der Waals surface area contributed by atoms with Gasteiger partial charge in [-0.25, -0.2) is 0 Å². The smallest absolute Gasteiger partial charge is 0.0605 e. The predicted octanol–water partition coefficient (Wildman–Crippen LogP) is 6.45. The first-order chi connectivity index (χ1) is 11.0. The van der Waals surface area contributed by atoms with Gasteiger partial charge in [-0.05, 0) is 65.2 Å². The van der Waals surface area contributed by atoms with Crippen LogP contribution in [0.4, 0.5) is 0 Å². The highest BCUT2D eigenvalue weighted by Gasteiger charge is 2.19. The van der Waals surface area contributed by atoms with Crippen molar-refractivity contribution in [1.29, 1.82) is 0 Å². The minimum Gasteiger partial charge on any atom is -0.393 e. The third kappa shape index (κ3) is 12.9. The summed E-state index contributed by atoms with van der Waals surface area (Å²) in [6.07, 6.45) is 21.4. The molecule has 0 aromatic rings. The SMILES string of the molecule is C#C.CC.CC(C)=CCC/C(C)=C/CCC1=CCC(C)C(O)C1. The Morgan fingerprint density at radius 1 is 1.17 bits per heavy atom. The molecule has 0 aliphatic heterocycles. The largest absolute Gasteiger partial charge is 0.393 e. The van der Waals surface area contributed by atoms with E-state index >= 15 is 0 Å². The van der Waals surface area contributed by atoms with E-state index in [2.05, 4.69) is 58.8 Å². The third-order valence-corrected chi connectivity index (χ3v) is 3.96. The van der Waals surface area contributed by atoms with Crippen LogP contribution in [0.5, 0.6) is 0 Å². The number of allylic oxidation sites excluding steroid dienone is 5. The fraction of sp³-hybridized carbons (Fsp3) is 0.636. The Labute approximate surface area is 145 Å². The molecule has 23 heavy (non-hydrogen) atoms. The number of aliphatic hydroxyl groups is 1. The molecule has 1 nitrogen and oxygen atoms in total. The first-order valence-electron chi connectivity index (χ1n) is 8.97. The average Bonchev–Trinajstić information content (AvgIpc) is 2.54. The van der Waals surface area contributed by atoms with Crippen molar-refractivity contribution in [2.24, 2.45) is 5.92 Å². The third-order valence-electron chi connectivity index (χ3n) is 3.96. The minimum atomic E-state index is -0.122. The van der Waals surface area contributed by atoms with Gasteiger partial charge in [-0.15, -0.1) is 12.8 Å². The molecule has 1 aliphatic rings. The molecule has 2 atom stereocenters. The van der Waals surface area contributed by atoms with Gasteiger partial charge in [0.25, 0.3) is 0 Å². The maximum Gasteiger partial charge on any atom is 0.0605 e. The van der Waals surface area contributed by atoms with Crippen molar-refractivity contribution in [3.63, 3.8) is 0 Å². The summed E-state index contributed by atoms with van der Waals surface area (Å²) in [5, 5.41) is 9.86. The van der Waals surface area contributed by atoms with Gasteiger partial charge < -0.3 is 5.11 Å². The van der Waals surface area contributed by atoms with E-state index in [4.69, 9.17) is 0 Å². The van der Waals surface area contributed by atoms with Crippen molar-refractivity contribution in [3.05, 3.63) is 34.9 Å². The van der Waals surface area contributed by atoms with Gasteiger partial charge >= 0.3 is 0 Å². The topological polar surface area (TPSA) is 20.2 Å². The first-order valence-corrected chi connectivity index (χ1v) is 8.97. The Hall–Kier alpha value is -1.26. The van der Waals surface area contributed by atoms with E-state index in [0.29, 0.717) is 5.92 Å². The fourth-order valence-electron chi connectivity index (χ4n) is 2.46. The Kier molecular flexibility index (Phi) is 16.3. The molecule has 1 heteroatoms. The second kappa shape index (κ2) is 15.6. The lowest BCUT2D eigenvalue weighted by Crippen LogP contribution is -2.21. The number of rotatable bonds is 6. The van der Waals surface area contributed by atoms with Crippen molar-refractivity contribution in [2.75, 3.05) is 0 Å². The standard InChI is InChI=1S/C18H30O.C2H6.C2H2/c1-14(2)7-5-8-15(3)9-6-10-17-12-11-16(4)18(19)13-17;2*1-2/h7,9,12,16,18-19H,5-6,8,10-11,13H2,1-4H3;1-2H3;1-2H/b15-9+;;. The van der Waals surface area contributed by atoms with Gasteiger partial charge in [0.1, 0.15) is 0 Å². The lowest BCUT2D eigenvalue weighted by molar-refractivity contribution is 0.111. The second-order valence-electron chi connectivity index (χ2n) is 6.26. The summed E-state index contributed by atoms with van der Waals surface area (Å²) in [4.78, 5) is 0. The van der Waals surface area contributed by atoms with Gasteiger partial charge in [0, 0.05) is 0 Å².